The summed E-state index contributed by atoms with van der Waals surface area (Å²) in [5.74, 6) is -1.39. The highest BCUT2D eigenvalue weighted by atomic mass is 32.2. The summed E-state index contributed by atoms with van der Waals surface area (Å²) in [6, 6.07) is 12.5. The second-order valence-electron chi connectivity index (χ2n) is 5.47. The van der Waals surface area contributed by atoms with E-state index < -0.39 is 22.9 Å². The number of thioether (sulfide) groups is 1. The maximum Gasteiger partial charge on any atom is 0.337 e. The van der Waals surface area contributed by atoms with Gasteiger partial charge in [-0.1, -0.05) is 30.3 Å². The summed E-state index contributed by atoms with van der Waals surface area (Å²) >= 11 is 0.801. The normalized spacial score (nSPS) is 15.6. The quantitative estimate of drug-likeness (QED) is 0.603. The van der Waals surface area contributed by atoms with E-state index in [-0.39, 0.29) is 17.0 Å². The van der Waals surface area contributed by atoms with Crippen LogP contribution >= 0.6 is 11.8 Å². The average Bonchev–Trinajstić information content (AvgIpc) is 2.91. The molecule has 0 aliphatic carbocycles. The Morgan fingerprint density at radius 3 is 2.50 bits per heavy atom. The van der Waals surface area contributed by atoms with E-state index in [0.717, 1.165) is 16.7 Å². The predicted octanol–water partition coefficient (Wildman–Crippen LogP) is 3.85. The second kappa shape index (κ2) is 7.53. The van der Waals surface area contributed by atoms with Crippen molar-refractivity contribution < 1.29 is 23.5 Å². The molecule has 26 heavy (non-hydrogen) atoms. The van der Waals surface area contributed by atoms with Gasteiger partial charge in [0.05, 0.1) is 24.1 Å². The van der Waals surface area contributed by atoms with Crippen molar-refractivity contribution in [1.29, 1.82) is 0 Å². The summed E-state index contributed by atoms with van der Waals surface area (Å²) in [6.07, 6.45) is 1.56. The molecular weight excluding hydrogens is 357 g/mol. The molecule has 0 radical (unpaired) electrons. The molecule has 0 saturated carbocycles. The molecule has 132 valence electrons. The number of nitrogens with zero attached hydrogens (tertiary/aromatic N) is 1. The Kier molecular flexibility index (Phi) is 5.18. The van der Waals surface area contributed by atoms with Crippen molar-refractivity contribution >= 4 is 35.0 Å². The van der Waals surface area contributed by atoms with E-state index in [1.807, 2.05) is 0 Å². The van der Waals surface area contributed by atoms with Crippen LogP contribution in [0.4, 0.5) is 9.18 Å². The minimum absolute atomic E-state index is 0.115. The third-order valence-corrected chi connectivity index (χ3v) is 4.70. The van der Waals surface area contributed by atoms with Gasteiger partial charge >= 0.3 is 5.97 Å². The Hall–Kier alpha value is -2.93. The SMILES string of the molecule is COC(=O)c1ccc(/C=C2/SC(=O)N(Cc3ccccc3F)C2=O)cc1. The van der Waals surface area contributed by atoms with Crippen LogP contribution in [-0.4, -0.2) is 29.1 Å². The van der Waals surface area contributed by atoms with E-state index in [0.29, 0.717) is 11.1 Å². The van der Waals surface area contributed by atoms with Crippen LogP contribution in [0.3, 0.4) is 0 Å². The highest BCUT2D eigenvalue weighted by Gasteiger charge is 2.35. The minimum atomic E-state index is -0.472. The number of imide groups is 1. The van der Waals surface area contributed by atoms with Gasteiger partial charge in [-0.15, -0.1) is 0 Å². The summed E-state index contributed by atoms with van der Waals surface area (Å²) in [5.41, 5.74) is 1.32. The Morgan fingerprint density at radius 2 is 1.85 bits per heavy atom. The molecule has 3 rings (SSSR count). The van der Waals surface area contributed by atoms with Crippen molar-refractivity contribution in [2.75, 3.05) is 7.11 Å². The lowest BCUT2D eigenvalue weighted by Crippen LogP contribution is -2.27. The topological polar surface area (TPSA) is 63.7 Å². The van der Waals surface area contributed by atoms with E-state index >= 15 is 0 Å². The van der Waals surface area contributed by atoms with Gasteiger partial charge in [0.2, 0.25) is 0 Å². The van der Waals surface area contributed by atoms with Crippen molar-refractivity contribution in [3.05, 3.63) is 75.9 Å². The number of benzene rings is 2. The fraction of sp³-hybridized carbons (Fsp3) is 0.105. The number of methoxy groups -OCH3 is 1. The zero-order valence-corrected chi connectivity index (χ0v) is 14.6. The maximum absolute atomic E-state index is 13.8. The van der Waals surface area contributed by atoms with Crippen LogP contribution in [0.2, 0.25) is 0 Å². The third-order valence-electron chi connectivity index (χ3n) is 3.79. The van der Waals surface area contributed by atoms with Crippen LogP contribution in [-0.2, 0) is 16.1 Å². The summed E-state index contributed by atoms with van der Waals surface area (Å²) in [6.45, 7) is -0.115. The third kappa shape index (κ3) is 3.67. The number of carbonyl (C=O) groups is 3. The van der Waals surface area contributed by atoms with E-state index in [2.05, 4.69) is 4.74 Å². The molecule has 1 aliphatic heterocycles. The van der Waals surface area contributed by atoms with Crippen molar-refractivity contribution in [2.45, 2.75) is 6.54 Å². The van der Waals surface area contributed by atoms with Crippen LogP contribution in [0.5, 0.6) is 0 Å². The molecule has 2 amide bonds. The first-order valence-electron chi connectivity index (χ1n) is 7.67. The average molecular weight is 371 g/mol. The summed E-state index contributed by atoms with van der Waals surface area (Å²) in [4.78, 5) is 37.3. The van der Waals surface area contributed by atoms with Crippen molar-refractivity contribution in [1.82, 2.24) is 4.90 Å². The molecule has 1 heterocycles. The standard InChI is InChI=1S/C19H14FNO4S/c1-25-18(23)13-8-6-12(7-9-13)10-16-17(22)21(19(24)26-16)11-14-4-2-3-5-15(14)20/h2-10H,11H2,1H3/b16-10+. The van der Waals surface area contributed by atoms with Gasteiger partial charge in [-0.2, -0.15) is 0 Å². The molecule has 7 heteroatoms. The number of halogens is 1. The van der Waals surface area contributed by atoms with Gasteiger partial charge in [-0.3, -0.25) is 14.5 Å². The number of ether oxygens (including phenoxy) is 1. The largest absolute Gasteiger partial charge is 0.465 e. The zero-order valence-electron chi connectivity index (χ0n) is 13.8. The molecule has 0 atom stereocenters. The number of esters is 1. The lowest BCUT2D eigenvalue weighted by molar-refractivity contribution is -0.123. The number of rotatable bonds is 4. The molecule has 1 fully saturated rings. The molecule has 0 aromatic heterocycles. The Bertz CT molecular complexity index is 908. The highest BCUT2D eigenvalue weighted by Crippen LogP contribution is 2.33. The first-order chi connectivity index (χ1) is 12.5. The molecule has 2 aromatic carbocycles. The predicted molar refractivity (Wildman–Crippen MR) is 95.7 cm³/mol. The molecule has 5 nitrogen and oxygen atoms in total. The fourth-order valence-corrected chi connectivity index (χ4v) is 3.26. The van der Waals surface area contributed by atoms with Gasteiger partial charge in [0, 0.05) is 5.56 Å². The molecule has 2 aromatic rings. The lowest BCUT2D eigenvalue weighted by Gasteiger charge is -2.12. The Morgan fingerprint density at radius 1 is 1.15 bits per heavy atom. The second-order valence-corrected chi connectivity index (χ2v) is 6.47. The first-order valence-corrected chi connectivity index (χ1v) is 8.48. The highest BCUT2D eigenvalue weighted by molar-refractivity contribution is 8.18. The number of amides is 2. The lowest BCUT2D eigenvalue weighted by atomic mass is 10.1. The monoisotopic (exact) mass is 371 g/mol. The van der Waals surface area contributed by atoms with Gasteiger partial charge < -0.3 is 4.74 Å². The van der Waals surface area contributed by atoms with Gasteiger partial charge in [0.25, 0.3) is 11.1 Å². The molecular formula is C19H14FNO4S. The van der Waals surface area contributed by atoms with Gasteiger partial charge in [0.1, 0.15) is 5.82 Å². The summed E-state index contributed by atoms with van der Waals surface area (Å²) < 4.78 is 18.4. The van der Waals surface area contributed by atoms with Gasteiger partial charge in [-0.05, 0) is 41.6 Å². The van der Waals surface area contributed by atoms with E-state index in [9.17, 15) is 18.8 Å². The van der Waals surface area contributed by atoms with E-state index in [1.54, 1.807) is 42.5 Å². The Balaban J connectivity index is 1.79. The number of hydrogen-bond donors (Lipinski definition) is 0. The van der Waals surface area contributed by atoms with Gasteiger partial charge in [0.15, 0.2) is 0 Å². The summed E-state index contributed by atoms with van der Waals surface area (Å²) in [7, 11) is 1.29. The number of hydrogen-bond acceptors (Lipinski definition) is 5. The van der Waals surface area contributed by atoms with Crippen LogP contribution in [0, 0.1) is 5.82 Å². The van der Waals surface area contributed by atoms with Crippen molar-refractivity contribution in [3.63, 3.8) is 0 Å². The Labute approximate surface area is 153 Å². The van der Waals surface area contributed by atoms with Crippen LogP contribution < -0.4 is 0 Å². The summed E-state index contributed by atoms with van der Waals surface area (Å²) in [5, 5.41) is -0.448. The van der Waals surface area contributed by atoms with Crippen molar-refractivity contribution in [3.8, 4) is 0 Å². The molecule has 1 aliphatic rings. The first kappa shape index (κ1) is 17.9. The fourth-order valence-electron chi connectivity index (χ4n) is 2.42. The minimum Gasteiger partial charge on any atom is -0.465 e. The number of carbonyl (C=O) groups excluding carboxylic acids is 3. The molecule has 0 unspecified atom stereocenters. The molecule has 0 bridgehead atoms. The van der Waals surface area contributed by atoms with Crippen LogP contribution in [0.15, 0.2) is 53.4 Å². The van der Waals surface area contributed by atoms with Gasteiger partial charge in [-0.25, -0.2) is 9.18 Å². The zero-order chi connectivity index (χ0) is 18.7. The smallest absolute Gasteiger partial charge is 0.337 e. The molecule has 0 spiro atoms. The van der Waals surface area contributed by atoms with Crippen LogP contribution in [0.25, 0.3) is 6.08 Å². The maximum atomic E-state index is 13.8. The molecule has 0 N–H and O–H groups in total. The van der Waals surface area contributed by atoms with E-state index in [1.165, 1.54) is 19.2 Å². The van der Waals surface area contributed by atoms with Crippen molar-refractivity contribution in [2.24, 2.45) is 0 Å². The van der Waals surface area contributed by atoms with Crippen LogP contribution in [0.1, 0.15) is 21.5 Å². The van der Waals surface area contributed by atoms with E-state index in [4.69, 9.17) is 0 Å². The molecule has 1 saturated heterocycles.